The molecule has 0 spiro atoms. The lowest BCUT2D eigenvalue weighted by atomic mass is 10.1. The van der Waals surface area contributed by atoms with E-state index in [-0.39, 0.29) is 15.7 Å². The highest BCUT2D eigenvalue weighted by atomic mass is 35.5. The molecule has 1 rings (SSSR count). The molecule has 0 aliphatic rings. The monoisotopic (exact) mass is 305 g/mol. The summed E-state index contributed by atoms with van der Waals surface area (Å²) in [6, 6.07) is 7.13. The minimum absolute atomic E-state index is 0.129. The zero-order valence-corrected chi connectivity index (χ0v) is 11.0. The highest BCUT2D eigenvalue weighted by Gasteiger charge is 2.18. The lowest BCUT2D eigenvalue weighted by molar-refractivity contribution is 0.625. The smallest absolute Gasteiger partial charge is 0.163 e. The minimum Gasteiger partial charge on any atom is -0.343 e. The summed E-state index contributed by atoms with van der Waals surface area (Å²) < 4.78 is 13.7. The normalized spacial score (nSPS) is 8.55. The zero-order chi connectivity index (χ0) is 15.3. The Hall–Kier alpha value is -2.77. The van der Waals surface area contributed by atoms with Crippen LogP contribution in [0.15, 0.2) is 17.3 Å². The Balaban J connectivity index is 3.54. The molecule has 0 atom stereocenters. The van der Waals surface area contributed by atoms with E-state index in [2.05, 4.69) is 5.32 Å². The van der Waals surface area contributed by atoms with E-state index in [0.717, 1.165) is 6.07 Å². The molecule has 96 valence electrons. The first-order chi connectivity index (χ1) is 9.49. The van der Waals surface area contributed by atoms with Gasteiger partial charge in [0.1, 0.15) is 35.5 Å². The number of hydrogen-bond donors (Lipinski definition) is 1. The number of nitrogens with zero attached hydrogens (tertiary/aromatic N) is 4. The van der Waals surface area contributed by atoms with Gasteiger partial charge in [0.2, 0.25) is 0 Å². The largest absolute Gasteiger partial charge is 0.343 e. The Morgan fingerprint density at radius 1 is 1.05 bits per heavy atom. The Morgan fingerprint density at radius 2 is 1.65 bits per heavy atom. The van der Waals surface area contributed by atoms with Gasteiger partial charge in [-0.25, -0.2) is 4.39 Å². The lowest BCUT2D eigenvalue weighted by Crippen LogP contribution is -2.05. The van der Waals surface area contributed by atoms with Crippen LogP contribution >= 0.6 is 23.2 Å². The summed E-state index contributed by atoms with van der Waals surface area (Å²) in [6.07, 6.45) is 0. The molecule has 0 aromatic heterocycles. The van der Waals surface area contributed by atoms with Crippen molar-refractivity contribution in [2.24, 2.45) is 0 Å². The molecule has 0 aliphatic carbocycles. The van der Waals surface area contributed by atoms with Gasteiger partial charge in [0.25, 0.3) is 0 Å². The second-order valence-corrected chi connectivity index (χ2v) is 4.04. The van der Waals surface area contributed by atoms with Crippen molar-refractivity contribution in [1.82, 2.24) is 0 Å². The van der Waals surface area contributed by atoms with Gasteiger partial charge in [0, 0.05) is 0 Å². The van der Waals surface area contributed by atoms with E-state index in [0.29, 0.717) is 0 Å². The van der Waals surface area contributed by atoms with Gasteiger partial charge >= 0.3 is 0 Å². The second-order valence-electron chi connectivity index (χ2n) is 3.23. The summed E-state index contributed by atoms with van der Waals surface area (Å²) in [5.41, 5.74) is -1.74. The van der Waals surface area contributed by atoms with Gasteiger partial charge in [-0.05, 0) is 6.07 Å². The van der Waals surface area contributed by atoms with Gasteiger partial charge in [-0.3, -0.25) is 0 Å². The van der Waals surface area contributed by atoms with E-state index in [4.69, 9.17) is 44.2 Å². The van der Waals surface area contributed by atoms with E-state index in [9.17, 15) is 4.39 Å². The van der Waals surface area contributed by atoms with Gasteiger partial charge in [-0.2, -0.15) is 21.0 Å². The number of hydrogen-bond acceptors (Lipinski definition) is 5. The molecular weight excluding hydrogens is 304 g/mol. The number of nitrogens with one attached hydrogen (secondary N) is 1. The summed E-state index contributed by atoms with van der Waals surface area (Å²) in [5, 5.41) is 37.0. The second kappa shape index (κ2) is 6.41. The number of rotatable bonds is 2. The lowest BCUT2D eigenvalue weighted by Gasteiger charge is -2.10. The average molecular weight is 306 g/mol. The maximum absolute atomic E-state index is 13.7. The number of benzene rings is 1. The third-order valence-corrected chi connectivity index (χ3v) is 2.69. The molecule has 1 aromatic carbocycles. The molecule has 1 aromatic rings. The molecule has 8 heteroatoms. The van der Waals surface area contributed by atoms with Crippen molar-refractivity contribution < 1.29 is 4.39 Å². The van der Waals surface area contributed by atoms with Gasteiger partial charge in [-0.15, -0.1) is 0 Å². The van der Waals surface area contributed by atoms with E-state index < -0.39 is 22.7 Å². The fraction of sp³-hybridized carbons (Fsp3) is 0. The minimum atomic E-state index is -1.02. The van der Waals surface area contributed by atoms with E-state index in [1.807, 2.05) is 0 Å². The first-order valence-corrected chi connectivity index (χ1v) is 5.54. The molecule has 0 fully saturated rings. The van der Waals surface area contributed by atoms with Crippen LogP contribution in [0.2, 0.25) is 10.0 Å². The molecule has 0 amide bonds. The zero-order valence-electron chi connectivity index (χ0n) is 9.50. The molecule has 1 N–H and O–H groups in total. The summed E-state index contributed by atoms with van der Waals surface area (Å²) in [6.45, 7) is 0. The van der Waals surface area contributed by atoms with E-state index >= 15 is 0 Å². The van der Waals surface area contributed by atoms with Crippen LogP contribution in [-0.2, 0) is 0 Å². The standard InChI is InChI=1S/C12H2Cl2FN5/c13-8-1-9(14)12(7(4-18)11(8)15)20-10(5-19)6(2-16)3-17/h1,20H. The molecular formula is C12H2Cl2FN5. The van der Waals surface area contributed by atoms with Crippen molar-refractivity contribution in [3.8, 4) is 24.3 Å². The Bertz CT molecular complexity index is 755. The quantitative estimate of drug-likeness (QED) is 0.666. The van der Waals surface area contributed by atoms with Crippen molar-refractivity contribution >= 4 is 28.9 Å². The first-order valence-electron chi connectivity index (χ1n) is 4.79. The molecule has 0 saturated heterocycles. The van der Waals surface area contributed by atoms with E-state index in [1.54, 1.807) is 12.1 Å². The third-order valence-electron chi connectivity index (χ3n) is 2.12. The first kappa shape index (κ1) is 15.3. The average Bonchev–Trinajstić information content (AvgIpc) is 2.44. The highest BCUT2D eigenvalue weighted by molar-refractivity contribution is 6.36. The van der Waals surface area contributed by atoms with Crippen LogP contribution in [0.4, 0.5) is 10.1 Å². The van der Waals surface area contributed by atoms with Gasteiger partial charge in [0.05, 0.1) is 15.7 Å². The fourth-order valence-electron chi connectivity index (χ4n) is 1.23. The van der Waals surface area contributed by atoms with Gasteiger partial charge < -0.3 is 5.32 Å². The Morgan fingerprint density at radius 3 is 2.10 bits per heavy atom. The molecule has 0 unspecified atom stereocenters. The SMILES string of the molecule is N#CC(C#N)=C(C#N)Nc1c(Cl)cc(Cl)c(F)c1C#N. The van der Waals surface area contributed by atoms with Crippen molar-refractivity contribution in [3.05, 3.63) is 38.8 Å². The number of halogens is 3. The fourth-order valence-corrected chi connectivity index (χ4v) is 1.74. The molecule has 0 radical (unpaired) electrons. The summed E-state index contributed by atoms with van der Waals surface area (Å²) in [7, 11) is 0. The van der Waals surface area contributed by atoms with Crippen LogP contribution in [0.3, 0.4) is 0 Å². The van der Waals surface area contributed by atoms with Gasteiger partial charge in [-0.1, -0.05) is 23.2 Å². The third kappa shape index (κ3) is 2.79. The van der Waals surface area contributed by atoms with Gasteiger partial charge in [0.15, 0.2) is 11.4 Å². The van der Waals surface area contributed by atoms with Crippen molar-refractivity contribution in [2.45, 2.75) is 0 Å². The predicted octanol–water partition coefficient (Wildman–Crippen LogP) is 3.24. The van der Waals surface area contributed by atoms with E-state index in [1.165, 1.54) is 12.1 Å². The summed E-state index contributed by atoms with van der Waals surface area (Å²) in [4.78, 5) is 0. The van der Waals surface area contributed by atoms with Crippen LogP contribution in [-0.4, -0.2) is 0 Å². The van der Waals surface area contributed by atoms with Crippen molar-refractivity contribution in [3.63, 3.8) is 0 Å². The van der Waals surface area contributed by atoms with Crippen molar-refractivity contribution in [1.29, 1.82) is 21.0 Å². The molecule has 5 nitrogen and oxygen atoms in total. The number of allylic oxidation sites excluding steroid dienone is 2. The summed E-state index contributed by atoms with van der Waals surface area (Å²) >= 11 is 11.4. The van der Waals surface area contributed by atoms with Crippen LogP contribution in [0.5, 0.6) is 0 Å². The van der Waals surface area contributed by atoms with Crippen LogP contribution < -0.4 is 5.32 Å². The molecule has 20 heavy (non-hydrogen) atoms. The number of anilines is 1. The molecule has 0 bridgehead atoms. The molecule has 0 aliphatic heterocycles. The maximum Gasteiger partial charge on any atom is 0.163 e. The maximum atomic E-state index is 13.7. The van der Waals surface area contributed by atoms with Crippen LogP contribution in [0, 0.1) is 51.1 Å². The Kier molecular flexibility index (Phi) is 4.90. The topological polar surface area (TPSA) is 107 Å². The summed E-state index contributed by atoms with van der Waals surface area (Å²) in [5.74, 6) is -1.02. The molecule has 0 heterocycles. The van der Waals surface area contributed by atoms with Crippen LogP contribution in [0.25, 0.3) is 0 Å². The number of nitriles is 4. The molecule has 0 saturated carbocycles. The Labute approximate surface area is 123 Å². The predicted molar refractivity (Wildman–Crippen MR) is 68.6 cm³/mol. The van der Waals surface area contributed by atoms with Crippen molar-refractivity contribution in [2.75, 3.05) is 5.32 Å². The van der Waals surface area contributed by atoms with Crippen LogP contribution in [0.1, 0.15) is 5.56 Å². The highest BCUT2D eigenvalue weighted by Crippen LogP contribution is 2.33.